The summed E-state index contributed by atoms with van der Waals surface area (Å²) in [7, 11) is -1.11. The van der Waals surface area contributed by atoms with E-state index in [1.54, 1.807) is 78.9 Å². The van der Waals surface area contributed by atoms with Crippen molar-refractivity contribution in [3.63, 3.8) is 0 Å². The normalized spacial score (nSPS) is 11.2. The number of ketones is 1. The molecule has 0 heterocycles. The van der Waals surface area contributed by atoms with Crippen LogP contribution >= 0.6 is 0 Å². The van der Waals surface area contributed by atoms with Crippen LogP contribution in [-0.2, 0) is 15.0 Å². The SMILES string of the molecule is CN(C)S(=O)(=O)N(CC(=O)Nc1ccccc1C(=O)c1ccccc1)c1ccccc1. The average Bonchev–Trinajstić information content (AvgIpc) is 2.78. The van der Waals surface area contributed by atoms with Crippen molar-refractivity contribution in [1.29, 1.82) is 0 Å². The Bertz CT molecular complexity index is 1160. The number of nitrogens with one attached hydrogen (secondary N) is 1. The van der Waals surface area contributed by atoms with E-state index in [1.165, 1.54) is 14.1 Å². The van der Waals surface area contributed by atoms with E-state index >= 15 is 0 Å². The maximum atomic E-state index is 12.9. The molecule has 3 aromatic carbocycles. The lowest BCUT2D eigenvalue weighted by atomic mass is 10.0. The molecule has 0 aromatic heterocycles. The maximum Gasteiger partial charge on any atom is 0.304 e. The molecule has 3 rings (SSSR count). The Labute approximate surface area is 182 Å². The van der Waals surface area contributed by atoms with Gasteiger partial charge in [-0.1, -0.05) is 60.7 Å². The second-order valence-corrected chi connectivity index (χ2v) is 8.99. The van der Waals surface area contributed by atoms with Gasteiger partial charge in [-0.2, -0.15) is 12.7 Å². The standard InChI is InChI=1S/C23H23N3O4S/c1-25(2)31(29,30)26(19-13-7-4-8-14-19)17-22(27)24-21-16-10-9-15-20(21)23(28)18-11-5-3-6-12-18/h3-16H,17H2,1-2H3,(H,24,27). The predicted octanol–water partition coefficient (Wildman–Crippen LogP) is 3.17. The molecule has 0 aliphatic rings. The van der Waals surface area contributed by atoms with Crippen LogP contribution in [0.2, 0.25) is 0 Å². The van der Waals surface area contributed by atoms with Gasteiger partial charge in [0.15, 0.2) is 5.78 Å². The molecule has 0 aliphatic heterocycles. The Morgan fingerprint density at radius 2 is 1.35 bits per heavy atom. The zero-order valence-corrected chi connectivity index (χ0v) is 18.0. The van der Waals surface area contributed by atoms with Crippen molar-refractivity contribution in [2.24, 2.45) is 0 Å². The van der Waals surface area contributed by atoms with Crippen LogP contribution in [-0.4, -0.2) is 45.1 Å². The topological polar surface area (TPSA) is 86.8 Å². The minimum Gasteiger partial charge on any atom is -0.324 e. The van der Waals surface area contributed by atoms with Crippen LogP contribution in [0.15, 0.2) is 84.9 Å². The van der Waals surface area contributed by atoms with Gasteiger partial charge < -0.3 is 5.32 Å². The van der Waals surface area contributed by atoms with Crippen molar-refractivity contribution in [1.82, 2.24) is 4.31 Å². The molecule has 1 amide bonds. The van der Waals surface area contributed by atoms with E-state index in [2.05, 4.69) is 5.32 Å². The van der Waals surface area contributed by atoms with Crippen molar-refractivity contribution in [3.8, 4) is 0 Å². The molecule has 0 atom stereocenters. The van der Waals surface area contributed by atoms with Crippen molar-refractivity contribution >= 4 is 33.3 Å². The summed E-state index contributed by atoms with van der Waals surface area (Å²) in [5.74, 6) is -0.806. The number of rotatable bonds is 8. The molecule has 0 saturated carbocycles. The summed E-state index contributed by atoms with van der Waals surface area (Å²) in [4.78, 5) is 25.7. The summed E-state index contributed by atoms with van der Waals surface area (Å²) < 4.78 is 27.7. The van der Waals surface area contributed by atoms with Gasteiger partial charge in [-0.3, -0.25) is 9.59 Å². The summed E-state index contributed by atoms with van der Waals surface area (Å²) >= 11 is 0. The molecule has 1 N–H and O–H groups in total. The summed E-state index contributed by atoms with van der Waals surface area (Å²) in [6, 6.07) is 23.7. The maximum absolute atomic E-state index is 12.9. The molecule has 0 aliphatic carbocycles. The van der Waals surface area contributed by atoms with Gasteiger partial charge in [-0.25, -0.2) is 4.31 Å². The first kappa shape index (κ1) is 22.2. The van der Waals surface area contributed by atoms with Crippen LogP contribution in [0.4, 0.5) is 11.4 Å². The fourth-order valence-electron chi connectivity index (χ4n) is 2.95. The minimum absolute atomic E-state index is 0.239. The van der Waals surface area contributed by atoms with E-state index in [0.29, 0.717) is 22.5 Å². The summed E-state index contributed by atoms with van der Waals surface area (Å²) in [5.41, 5.74) is 1.49. The molecule has 0 spiro atoms. The molecule has 0 fully saturated rings. The Balaban J connectivity index is 1.87. The van der Waals surface area contributed by atoms with E-state index in [9.17, 15) is 18.0 Å². The molecule has 7 nitrogen and oxygen atoms in total. The number of carbonyl (C=O) groups excluding carboxylic acids is 2. The summed E-state index contributed by atoms with van der Waals surface area (Å²) in [6.07, 6.45) is 0. The number of amides is 1. The Morgan fingerprint density at radius 1 is 0.806 bits per heavy atom. The fourth-order valence-corrected chi connectivity index (χ4v) is 4.02. The third-order valence-electron chi connectivity index (χ3n) is 4.55. The van der Waals surface area contributed by atoms with E-state index in [1.807, 2.05) is 6.07 Å². The van der Waals surface area contributed by atoms with Gasteiger partial charge >= 0.3 is 10.2 Å². The first-order chi connectivity index (χ1) is 14.8. The van der Waals surface area contributed by atoms with Gasteiger partial charge in [-0.15, -0.1) is 0 Å². The van der Waals surface area contributed by atoms with Crippen LogP contribution in [0, 0.1) is 0 Å². The molecule has 3 aromatic rings. The predicted molar refractivity (Wildman–Crippen MR) is 121 cm³/mol. The van der Waals surface area contributed by atoms with E-state index in [0.717, 1.165) is 8.61 Å². The number of carbonyl (C=O) groups is 2. The molecule has 31 heavy (non-hydrogen) atoms. The Morgan fingerprint density at radius 3 is 1.97 bits per heavy atom. The zero-order valence-electron chi connectivity index (χ0n) is 17.2. The highest BCUT2D eigenvalue weighted by atomic mass is 32.2. The first-order valence-corrected chi connectivity index (χ1v) is 10.9. The van der Waals surface area contributed by atoms with Crippen molar-refractivity contribution < 1.29 is 18.0 Å². The largest absolute Gasteiger partial charge is 0.324 e. The average molecular weight is 438 g/mol. The van der Waals surface area contributed by atoms with Crippen molar-refractivity contribution in [2.75, 3.05) is 30.3 Å². The Kier molecular flexibility index (Phi) is 6.84. The summed E-state index contributed by atoms with van der Waals surface area (Å²) in [5, 5.41) is 2.69. The highest BCUT2D eigenvalue weighted by Gasteiger charge is 2.27. The highest BCUT2D eigenvalue weighted by molar-refractivity contribution is 7.90. The van der Waals surface area contributed by atoms with Crippen LogP contribution in [0.25, 0.3) is 0 Å². The van der Waals surface area contributed by atoms with Crippen LogP contribution < -0.4 is 9.62 Å². The number of para-hydroxylation sites is 2. The number of benzene rings is 3. The molecule has 0 radical (unpaired) electrons. The zero-order chi connectivity index (χ0) is 22.4. The van der Waals surface area contributed by atoms with Gasteiger partial charge in [0.2, 0.25) is 5.91 Å². The first-order valence-electron chi connectivity index (χ1n) is 9.54. The summed E-state index contributed by atoms with van der Waals surface area (Å²) in [6.45, 7) is -0.446. The van der Waals surface area contributed by atoms with E-state index in [-0.39, 0.29) is 5.78 Å². The monoisotopic (exact) mass is 437 g/mol. The van der Waals surface area contributed by atoms with Crippen LogP contribution in [0.1, 0.15) is 15.9 Å². The van der Waals surface area contributed by atoms with E-state index < -0.39 is 22.7 Å². The van der Waals surface area contributed by atoms with Crippen molar-refractivity contribution in [3.05, 3.63) is 96.1 Å². The second kappa shape index (κ2) is 9.55. The van der Waals surface area contributed by atoms with Gasteiger partial charge in [-0.05, 0) is 24.3 Å². The highest BCUT2D eigenvalue weighted by Crippen LogP contribution is 2.21. The smallest absolute Gasteiger partial charge is 0.304 e. The quantitative estimate of drug-likeness (QED) is 0.549. The third kappa shape index (κ3) is 5.17. The molecule has 0 unspecified atom stereocenters. The lowest BCUT2D eigenvalue weighted by molar-refractivity contribution is -0.114. The lowest BCUT2D eigenvalue weighted by Gasteiger charge is -2.27. The van der Waals surface area contributed by atoms with Gasteiger partial charge in [0.1, 0.15) is 6.54 Å². The van der Waals surface area contributed by atoms with Gasteiger partial charge in [0, 0.05) is 25.2 Å². The third-order valence-corrected chi connectivity index (χ3v) is 6.37. The molecule has 0 saturated heterocycles. The number of nitrogens with zero attached hydrogens (tertiary/aromatic N) is 2. The number of anilines is 2. The number of hydrogen-bond acceptors (Lipinski definition) is 4. The Hall–Kier alpha value is -3.49. The van der Waals surface area contributed by atoms with Gasteiger partial charge in [0.05, 0.1) is 11.4 Å². The minimum atomic E-state index is -3.91. The van der Waals surface area contributed by atoms with Crippen molar-refractivity contribution in [2.45, 2.75) is 0 Å². The lowest BCUT2D eigenvalue weighted by Crippen LogP contribution is -2.44. The second-order valence-electron chi connectivity index (χ2n) is 6.92. The molecule has 8 heteroatoms. The molecule has 160 valence electrons. The van der Waals surface area contributed by atoms with E-state index in [4.69, 9.17) is 0 Å². The molecule has 0 bridgehead atoms. The molecular weight excluding hydrogens is 414 g/mol. The fraction of sp³-hybridized carbons (Fsp3) is 0.130. The van der Waals surface area contributed by atoms with Gasteiger partial charge in [0.25, 0.3) is 0 Å². The van der Waals surface area contributed by atoms with Crippen LogP contribution in [0.5, 0.6) is 0 Å². The number of hydrogen-bond donors (Lipinski definition) is 1. The molecular formula is C23H23N3O4S. The van der Waals surface area contributed by atoms with Crippen LogP contribution in [0.3, 0.4) is 0 Å².